The molecule has 4 rings (SSSR count). The van der Waals surface area contributed by atoms with E-state index in [4.69, 9.17) is 21.1 Å². The zero-order chi connectivity index (χ0) is 22.0. The molecule has 164 valence electrons. The minimum Gasteiger partial charge on any atom is -0.497 e. The van der Waals surface area contributed by atoms with E-state index in [-0.39, 0.29) is 17.4 Å². The smallest absolute Gasteiger partial charge is 0.268 e. The average Bonchev–Trinajstić information content (AvgIpc) is 3.39. The molecule has 3 aromatic rings. The molecule has 1 N–H and O–H groups in total. The predicted octanol–water partition coefficient (Wildman–Crippen LogP) is 4.04. The lowest BCUT2D eigenvalue weighted by Gasteiger charge is -2.18. The summed E-state index contributed by atoms with van der Waals surface area (Å²) in [6, 6.07) is 11.1. The van der Waals surface area contributed by atoms with Crippen molar-refractivity contribution in [2.75, 3.05) is 23.3 Å². The van der Waals surface area contributed by atoms with E-state index in [1.165, 1.54) is 36.8 Å². The highest BCUT2D eigenvalue weighted by molar-refractivity contribution is 7.93. The van der Waals surface area contributed by atoms with Crippen LogP contribution in [-0.4, -0.2) is 39.1 Å². The van der Waals surface area contributed by atoms with Crippen LogP contribution in [0.2, 0.25) is 5.02 Å². The largest absolute Gasteiger partial charge is 0.497 e. The van der Waals surface area contributed by atoms with Gasteiger partial charge in [0.2, 0.25) is 0 Å². The summed E-state index contributed by atoms with van der Waals surface area (Å²) >= 11 is 7.39. The maximum atomic E-state index is 12.8. The maximum absolute atomic E-state index is 12.8. The van der Waals surface area contributed by atoms with Gasteiger partial charge in [0.15, 0.2) is 11.2 Å². The van der Waals surface area contributed by atoms with Gasteiger partial charge in [-0.1, -0.05) is 11.6 Å². The Morgan fingerprint density at radius 1 is 1.26 bits per heavy atom. The fourth-order valence-corrected chi connectivity index (χ4v) is 5.13. The summed E-state index contributed by atoms with van der Waals surface area (Å²) in [7, 11) is -2.22. The predicted molar refractivity (Wildman–Crippen MR) is 121 cm³/mol. The van der Waals surface area contributed by atoms with E-state index in [2.05, 4.69) is 9.71 Å². The second-order valence-corrected chi connectivity index (χ2v) is 9.60. The zero-order valence-electron chi connectivity index (χ0n) is 16.3. The van der Waals surface area contributed by atoms with Gasteiger partial charge in [-0.15, -0.1) is 11.3 Å². The van der Waals surface area contributed by atoms with Gasteiger partial charge in [-0.05, 0) is 36.4 Å². The fourth-order valence-electron chi connectivity index (χ4n) is 3.13. The molecule has 1 saturated heterocycles. The molecule has 31 heavy (non-hydrogen) atoms. The van der Waals surface area contributed by atoms with Crippen molar-refractivity contribution in [3.63, 3.8) is 0 Å². The highest BCUT2D eigenvalue weighted by Gasteiger charge is 2.35. The Bertz CT molecular complexity index is 1190. The van der Waals surface area contributed by atoms with Gasteiger partial charge in [0.05, 0.1) is 17.0 Å². The third-order valence-corrected chi connectivity index (χ3v) is 7.15. The number of carbonyl (C=O) groups excluding carboxylic acids is 1. The highest BCUT2D eigenvalue weighted by atomic mass is 35.5. The van der Waals surface area contributed by atoms with Gasteiger partial charge in [-0.2, -0.15) is 0 Å². The van der Waals surface area contributed by atoms with Crippen molar-refractivity contribution < 1.29 is 24.1 Å². The lowest BCUT2D eigenvalue weighted by Crippen LogP contribution is -2.32. The van der Waals surface area contributed by atoms with Crippen LogP contribution in [0, 0.1) is 0 Å². The number of benzene rings is 2. The third-order valence-electron chi connectivity index (χ3n) is 4.68. The number of amides is 1. The van der Waals surface area contributed by atoms with E-state index in [9.17, 15) is 13.2 Å². The van der Waals surface area contributed by atoms with E-state index >= 15 is 0 Å². The molecule has 0 radical (unpaired) electrons. The van der Waals surface area contributed by atoms with E-state index in [1.54, 1.807) is 40.6 Å². The van der Waals surface area contributed by atoms with Crippen molar-refractivity contribution in [2.24, 2.45) is 0 Å². The van der Waals surface area contributed by atoms with E-state index < -0.39 is 16.1 Å². The lowest BCUT2D eigenvalue weighted by atomic mass is 10.3. The number of methoxy groups -OCH3 is 1. The summed E-state index contributed by atoms with van der Waals surface area (Å²) in [6.07, 6.45) is 1.32. The summed E-state index contributed by atoms with van der Waals surface area (Å²) in [5.74, 6) is 0.775. The summed E-state index contributed by atoms with van der Waals surface area (Å²) in [4.78, 5) is 18.4. The first-order valence-corrected chi connectivity index (χ1v) is 12.0. The molecule has 2 aromatic carbocycles. The third kappa shape index (κ3) is 4.60. The molecular formula is C20H20ClN3O5S2. The van der Waals surface area contributed by atoms with Crippen LogP contribution in [0.1, 0.15) is 7.85 Å². The van der Waals surface area contributed by atoms with Gasteiger partial charge >= 0.3 is 0 Å². The number of aromatic nitrogens is 1. The van der Waals surface area contributed by atoms with Crippen LogP contribution in [0.15, 0.2) is 58.9 Å². The van der Waals surface area contributed by atoms with Gasteiger partial charge < -0.3 is 14.4 Å². The molecule has 1 aliphatic rings. The Balaban J connectivity index is 0.00000289. The monoisotopic (exact) mass is 481 g/mol. The standard InChI is InChI=1S/C20H18ClN3O5S2.H2/c1-28-14-4-7-17(16(21)12-14)29-18-8-10-24(19(18)25)13-2-5-15(6-3-13)31(26,27)23-20-22-9-11-30-20;/h2-7,9,11-12,18H,8,10H2,1H3,(H,22,23);1H/t18-;/m0./s1. The van der Waals surface area contributed by atoms with Crippen molar-refractivity contribution in [1.82, 2.24) is 4.98 Å². The molecule has 1 aromatic heterocycles. The summed E-state index contributed by atoms with van der Waals surface area (Å²) in [6.45, 7) is 0.445. The number of anilines is 2. The molecule has 0 saturated carbocycles. The molecular weight excluding hydrogens is 462 g/mol. The molecule has 2 heterocycles. The van der Waals surface area contributed by atoms with Crippen molar-refractivity contribution in [3.8, 4) is 11.5 Å². The van der Waals surface area contributed by atoms with Crippen LogP contribution in [0.4, 0.5) is 10.8 Å². The van der Waals surface area contributed by atoms with Crippen LogP contribution < -0.4 is 19.1 Å². The van der Waals surface area contributed by atoms with Crippen LogP contribution in [0.3, 0.4) is 0 Å². The zero-order valence-corrected chi connectivity index (χ0v) is 18.7. The highest BCUT2D eigenvalue weighted by Crippen LogP contribution is 2.32. The molecule has 1 atom stereocenters. The average molecular weight is 482 g/mol. The van der Waals surface area contributed by atoms with E-state index in [1.807, 2.05) is 0 Å². The Hall–Kier alpha value is -2.82. The van der Waals surface area contributed by atoms with Gasteiger partial charge in [-0.25, -0.2) is 13.4 Å². The fraction of sp³-hybridized carbons (Fsp3) is 0.200. The summed E-state index contributed by atoms with van der Waals surface area (Å²) in [5, 5.41) is 2.32. The number of rotatable bonds is 7. The normalized spacial score (nSPS) is 16.4. The molecule has 0 aliphatic carbocycles. The Morgan fingerprint density at radius 2 is 2.03 bits per heavy atom. The Kier molecular flexibility index (Phi) is 6.03. The molecule has 1 aliphatic heterocycles. The molecule has 0 spiro atoms. The van der Waals surface area contributed by atoms with E-state index in [0.717, 1.165) is 0 Å². The quantitative estimate of drug-likeness (QED) is 0.547. The topological polar surface area (TPSA) is 97.8 Å². The van der Waals surface area contributed by atoms with Gasteiger partial charge in [0, 0.05) is 37.7 Å². The number of hydrogen-bond donors (Lipinski definition) is 1. The minimum absolute atomic E-state index is 0. The van der Waals surface area contributed by atoms with Crippen molar-refractivity contribution >= 4 is 49.7 Å². The number of carbonyl (C=O) groups is 1. The lowest BCUT2D eigenvalue weighted by molar-refractivity contribution is -0.122. The summed E-state index contributed by atoms with van der Waals surface area (Å²) in [5.41, 5.74) is 0.588. The number of sulfonamides is 1. The summed E-state index contributed by atoms with van der Waals surface area (Å²) < 4.78 is 38.3. The van der Waals surface area contributed by atoms with Crippen molar-refractivity contribution in [3.05, 3.63) is 59.1 Å². The SMILES string of the molecule is COc1ccc(O[C@H]2CCN(c3ccc(S(=O)(=O)Nc4nccs4)cc3)C2=O)c(Cl)c1.[HH]. The number of halogens is 1. The van der Waals surface area contributed by atoms with Crippen molar-refractivity contribution in [2.45, 2.75) is 17.4 Å². The van der Waals surface area contributed by atoms with Crippen molar-refractivity contribution in [1.29, 1.82) is 0 Å². The second kappa shape index (κ2) is 8.74. The van der Waals surface area contributed by atoms with Gasteiger partial charge in [-0.3, -0.25) is 9.52 Å². The maximum Gasteiger partial charge on any atom is 0.268 e. The van der Waals surface area contributed by atoms with Crippen LogP contribution >= 0.6 is 22.9 Å². The molecule has 11 heteroatoms. The molecule has 1 amide bonds. The van der Waals surface area contributed by atoms with Crippen LogP contribution in [0.25, 0.3) is 0 Å². The molecule has 8 nitrogen and oxygen atoms in total. The Labute approximate surface area is 189 Å². The first-order valence-electron chi connectivity index (χ1n) is 9.21. The number of thiazole rings is 1. The van der Waals surface area contributed by atoms with E-state index in [0.29, 0.717) is 35.2 Å². The number of hydrogen-bond acceptors (Lipinski definition) is 7. The van der Waals surface area contributed by atoms with Crippen LogP contribution in [-0.2, 0) is 14.8 Å². The Morgan fingerprint density at radius 3 is 2.68 bits per heavy atom. The molecule has 0 unspecified atom stereocenters. The van der Waals surface area contributed by atoms with Gasteiger partial charge in [0.1, 0.15) is 11.5 Å². The first kappa shape index (κ1) is 21.4. The first-order chi connectivity index (χ1) is 14.9. The van der Waals surface area contributed by atoms with Gasteiger partial charge in [0.25, 0.3) is 15.9 Å². The number of nitrogens with one attached hydrogen (secondary N) is 1. The number of nitrogens with zero attached hydrogens (tertiary/aromatic N) is 2. The molecule has 1 fully saturated rings. The van der Waals surface area contributed by atoms with Crippen LogP contribution in [0.5, 0.6) is 11.5 Å². The molecule has 0 bridgehead atoms. The minimum atomic E-state index is -3.75. The number of ether oxygens (including phenoxy) is 2. The second-order valence-electron chi connectivity index (χ2n) is 6.62.